The van der Waals surface area contributed by atoms with Crippen molar-refractivity contribution in [3.05, 3.63) is 132 Å². The summed E-state index contributed by atoms with van der Waals surface area (Å²) in [6, 6.07) is 30.7. The number of nitrogen functional groups attached to an aromatic ring is 1. The Hall–Kier alpha value is -4.37. The number of rotatable bonds is 7. The highest BCUT2D eigenvalue weighted by molar-refractivity contribution is 5.81. The molecule has 0 saturated carbocycles. The van der Waals surface area contributed by atoms with E-state index in [4.69, 9.17) is 19.9 Å². The van der Waals surface area contributed by atoms with Crippen LogP contribution in [0.1, 0.15) is 36.6 Å². The second-order valence-electron chi connectivity index (χ2n) is 11.0. The SMILES string of the molecule is CC1(C)O[C@H]2[C@H](n3cnc4c(N)ncnc43)C=C[C@@]2(COC(c2ccccc2)(c2ccccc2)c2ccccc2)O1. The Morgan fingerprint density at radius 1 is 0.854 bits per heavy atom. The number of anilines is 1. The Bertz CT molecular complexity index is 1610. The molecule has 3 heterocycles. The molecule has 1 saturated heterocycles. The topological polar surface area (TPSA) is 97.3 Å². The summed E-state index contributed by atoms with van der Waals surface area (Å²) in [4.78, 5) is 13.1. The Balaban J connectivity index is 1.32. The number of fused-ring (bicyclic) bond motifs is 2. The zero-order valence-electron chi connectivity index (χ0n) is 22.9. The van der Waals surface area contributed by atoms with E-state index >= 15 is 0 Å². The first-order valence-corrected chi connectivity index (χ1v) is 13.7. The van der Waals surface area contributed by atoms with Gasteiger partial charge in [-0.05, 0) is 36.6 Å². The van der Waals surface area contributed by atoms with Gasteiger partial charge in [-0.25, -0.2) is 15.0 Å². The summed E-state index contributed by atoms with van der Waals surface area (Å²) >= 11 is 0. The highest BCUT2D eigenvalue weighted by Gasteiger charge is 2.59. The van der Waals surface area contributed by atoms with E-state index in [0.717, 1.165) is 16.7 Å². The number of benzene rings is 3. The van der Waals surface area contributed by atoms with Crippen molar-refractivity contribution in [2.24, 2.45) is 0 Å². The lowest BCUT2D eigenvalue weighted by Crippen LogP contribution is -2.46. The van der Waals surface area contributed by atoms with Gasteiger partial charge in [-0.15, -0.1) is 0 Å². The van der Waals surface area contributed by atoms with E-state index in [9.17, 15) is 0 Å². The molecule has 3 aromatic carbocycles. The molecule has 0 spiro atoms. The average molecular weight is 546 g/mol. The molecule has 5 aromatic rings. The van der Waals surface area contributed by atoms with Crippen LogP contribution in [-0.2, 0) is 19.8 Å². The van der Waals surface area contributed by atoms with Crippen LogP contribution in [0.4, 0.5) is 5.82 Å². The van der Waals surface area contributed by atoms with Crippen LogP contribution in [0.2, 0.25) is 0 Å². The van der Waals surface area contributed by atoms with Gasteiger partial charge >= 0.3 is 0 Å². The van der Waals surface area contributed by atoms with E-state index in [1.165, 1.54) is 6.33 Å². The van der Waals surface area contributed by atoms with Gasteiger partial charge in [0.25, 0.3) is 0 Å². The minimum atomic E-state index is -0.894. The van der Waals surface area contributed by atoms with Crippen molar-refractivity contribution >= 4 is 17.0 Å². The van der Waals surface area contributed by atoms with Gasteiger partial charge in [0.05, 0.1) is 19.0 Å². The molecule has 0 amide bonds. The zero-order valence-corrected chi connectivity index (χ0v) is 22.9. The van der Waals surface area contributed by atoms with Gasteiger partial charge < -0.3 is 24.5 Å². The molecule has 206 valence electrons. The lowest BCUT2D eigenvalue weighted by Gasteiger charge is -2.39. The normalized spacial score (nSPS) is 23.2. The van der Waals surface area contributed by atoms with Crippen LogP contribution < -0.4 is 5.73 Å². The van der Waals surface area contributed by atoms with Crippen molar-refractivity contribution in [1.82, 2.24) is 19.5 Å². The highest BCUT2D eigenvalue weighted by Crippen LogP contribution is 2.50. The Morgan fingerprint density at radius 2 is 1.44 bits per heavy atom. The smallest absolute Gasteiger partial charge is 0.166 e. The van der Waals surface area contributed by atoms with E-state index < -0.39 is 23.1 Å². The Kier molecular flexibility index (Phi) is 6.01. The third kappa shape index (κ3) is 4.14. The monoisotopic (exact) mass is 545 g/mol. The fourth-order valence-electron chi connectivity index (χ4n) is 6.27. The third-order valence-electron chi connectivity index (χ3n) is 7.98. The Morgan fingerprint density at radius 3 is 2.02 bits per heavy atom. The molecule has 41 heavy (non-hydrogen) atoms. The van der Waals surface area contributed by atoms with Gasteiger partial charge in [-0.2, -0.15) is 0 Å². The number of hydrogen-bond acceptors (Lipinski definition) is 7. The number of nitrogens with zero attached hydrogens (tertiary/aromatic N) is 4. The first kappa shape index (κ1) is 25.6. The van der Waals surface area contributed by atoms with Gasteiger partial charge in [-0.1, -0.05) is 97.1 Å². The molecule has 3 atom stereocenters. The summed E-state index contributed by atoms with van der Waals surface area (Å²) in [5.41, 5.74) is 8.59. The number of nitrogens with two attached hydrogens (primary N) is 1. The number of ether oxygens (including phenoxy) is 3. The zero-order chi connectivity index (χ0) is 28.1. The van der Waals surface area contributed by atoms with E-state index in [0.29, 0.717) is 17.0 Å². The fraction of sp³-hybridized carbons (Fsp3) is 0.242. The van der Waals surface area contributed by atoms with Crippen LogP contribution in [-0.4, -0.2) is 43.6 Å². The van der Waals surface area contributed by atoms with Gasteiger partial charge in [0.15, 0.2) is 17.3 Å². The molecule has 2 N–H and O–H groups in total. The quantitative estimate of drug-likeness (QED) is 0.215. The molecule has 8 heteroatoms. The maximum absolute atomic E-state index is 7.22. The second kappa shape index (κ2) is 9.62. The van der Waals surface area contributed by atoms with Crippen LogP contribution in [0.3, 0.4) is 0 Å². The maximum atomic E-state index is 7.22. The van der Waals surface area contributed by atoms with Crippen molar-refractivity contribution in [1.29, 1.82) is 0 Å². The minimum absolute atomic E-state index is 0.233. The first-order valence-electron chi connectivity index (χ1n) is 13.7. The Labute approximate surface area is 238 Å². The molecule has 2 aromatic heterocycles. The van der Waals surface area contributed by atoms with Crippen molar-refractivity contribution in [2.75, 3.05) is 12.3 Å². The molecule has 0 bridgehead atoms. The van der Waals surface area contributed by atoms with Crippen molar-refractivity contribution < 1.29 is 14.2 Å². The standard InChI is InChI=1S/C33H31N5O3/c1-31(2)40-28-26(38-22-37-27-29(34)35-21-36-30(27)38)18-19-32(28,41-31)20-39-33(23-12-6-3-7-13-23,24-14-8-4-9-15-24)25-16-10-5-11-17-25/h3-19,21-22,26,28H,20H2,1-2H3,(H2,34,35,36)/t26-,28+,32+/m1/s1. The molecular formula is C33H31N5O3. The fourth-order valence-corrected chi connectivity index (χ4v) is 6.27. The van der Waals surface area contributed by atoms with Gasteiger partial charge in [0.1, 0.15) is 29.2 Å². The molecule has 1 fully saturated rings. The van der Waals surface area contributed by atoms with Crippen molar-refractivity contribution in [3.63, 3.8) is 0 Å². The molecule has 8 nitrogen and oxygen atoms in total. The van der Waals surface area contributed by atoms with Crippen molar-refractivity contribution in [3.8, 4) is 0 Å². The number of imidazole rings is 1. The van der Waals surface area contributed by atoms with E-state index in [2.05, 4.69) is 63.5 Å². The second-order valence-corrected chi connectivity index (χ2v) is 11.0. The average Bonchev–Trinajstić information content (AvgIpc) is 3.65. The van der Waals surface area contributed by atoms with Gasteiger partial charge in [0.2, 0.25) is 0 Å². The predicted octanol–water partition coefficient (Wildman–Crippen LogP) is 5.42. The summed E-state index contributed by atoms with van der Waals surface area (Å²) in [6.45, 7) is 4.10. The predicted molar refractivity (Wildman–Crippen MR) is 156 cm³/mol. The van der Waals surface area contributed by atoms with Crippen LogP contribution in [0, 0.1) is 0 Å². The lowest BCUT2D eigenvalue weighted by molar-refractivity contribution is -0.171. The molecular weight excluding hydrogens is 514 g/mol. The lowest BCUT2D eigenvalue weighted by atomic mass is 9.80. The van der Waals surface area contributed by atoms with Crippen LogP contribution in [0.25, 0.3) is 11.2 Å². The number of hydrogen-bond donors (Lipinski definition) is 1. The summed E-state index contributed by atoms with van der Waals surface area (Å²) in [7, 11) is 0. The molecule has 0 radical (unpaired) electrons. The first-order chi connectivity index (χ1) is 19.9. The van der Waals surface area contributed by atoms with E-state index in [-0.39, 0.29) is 12.6 Å². The summed E-state index contributed by atoms with van der Waals surface area (Å²) in [6.07, 6.45) is 6.94. The minimum Gasteiger partial charge on any atom is -0.382 e. The van der Waals surface area contributed by atoms with Crippen LogP contribution in [0.15, 0.2) is 116 Å². The molecule has 1 aliphatic carbocycles. The largest absolute Gasteiger partial charge is 0.382 e. The highest BCUT2D eigenvalue weighted by atomic mass is 16.8. The molecule has 1 aliphatic heterocycles. The van der Waals surface area contributed by atoms with Crippen LogP contribution >= 0.6 is 0 Å². The van der Waals surface area contributed by atoms with E-state index in [1.54, 1.807) is 6.33 Å². The summed E-state index contributed by atoms with van der Waals surface area (Å²) < 4.78 is 22.5. The summed E-state index contributed by atoms with van der Waals surface area (Å²) in [5.74, 6) is -0.497. The van der Waals surface area contributed by atoms with E-state index in [1.807, 2.05) is 73.0 Å². The maximum Gasteiger partial charge on any atom is 0.166 e. The van der Waals surface area contributed by atoms with Crippen LogP contribution in [0.5, 0.6) is 0 Å². The van der Waals surface area contributed by atoms with Gasteiger partial charge in [-0.3, -0.25) is 0 Å². The van der Waals surface area contributed by atoms with Gasteiger partial charge in [0, 0.05) is 0 Å². The van der Waals surface area contributed by atoms with Crippen molar-refractivity contribution in [2.45, 2.75) is 43.0 Å². The molecule has 7 rings (SSSR count). The third-order valence-corrected chi connectivity index (χ3v) is 7.98. The molecule has 0 unspecified atom stereocenters. The summed E-state index contributed by atoms with van der Waals surface area (Å²) in [5, 5.41) is 0. The number of aromatic nitrogens is 4. The molecule has 2 aliphatic rings.